The molecule has 3 N–H and O–H groups in total. The van der Waals surface area contributed by atoms with Gasteiger partial charge in [0.15, 0.2) is 11.5 Å². The molecule has 6 nitrogen and oxygen atoms in total. The van der Waals surface area contributed by atoms with Crippen molar-refractivity contribution in [3.05, 3.63) is 29.4 Å². The van der Waals surface area contributed by atoms with Crippen molar-refractivity contribution < 1.29 is 4.52 Å². The van der Waals surface area contributed by atoms with Crippen molar-refractivity contribution in [2.24, 2.45) is 5.73 Å². The minimum Gasteiger partial charge on any atom is -0.332 e. The second kappa shape index (κ2) is 5.25. The molecule has 0 atom stereocenters. The summed E-state index contributed by atoms with van der Waals surface area (Å²) in [5.41, 5.74) is 7.37. The van der Waals surface area contributed by atoms with Crippen molar-refractivity contribution in [2.75, 3.05) is 0 Å². The molecule has 3 aromatic rings. The summed E-state index contributed by atoms with van der Waals surface area (Å²) in [6.45, 7) is 0. The molecule has 8 heteroatoms. The van der Waals surface area contributed by atoms with Crippen molar-refractivity contribution in [2.45, 2.75) is 24.8 Å². The molecule has 0 spiro atoms. The molecule has 4 rings (SSSR count). The first-order valence-corrected chi connectivity index (χ1v) is 7.35. The largest absolute Gasteiger partial charge is 0.332 e. The predicted molar refractivity (Wildman–Crippen MR) is 82.2 cm³/mol. The summed E-state index contributed by atoms with van der Waals surface area (Å²) in [5.74, 6) is 0.996. The Balaban J connectivity index is 0.00000132. The fraction of sp³-hybridized carbons (Fsp3) is 0.308. The number of nitrogens with two attached hydrogens (primary N) is 1. The van der Waals surface area contributed by atoms with Crippen LogP contribution in [-0.4, -0.2) is 20.3 Å². The topological polar surface area (TPSA) is 93.6 Å². The van der Waals surface area contributed by atoms with Gasteiger partial charge in [0, 0.05) is 0 Å². The summed E-state index contributed by atoms with van der Waals surface area (Å²) in [5, 5.41) is 13.2. The first-order valence-electron chi connectivity index (χ1n) is 6.47. The number of rotatable bonds is 3. The van der Waals surface area contributed by atoms with Gasteiger partial charge in [-0.25, -0.2) is 0 Å². The van der Waals surface area contributed by atoms with Crippen molar-refractivity contribution in [3.8, 4) is 22.2 Å². The maximum atomic E-state index is 6.19. The van der Waals surface area contributed by atoms with Crippen LogP contribution in [0.25, 0.3) is 22.2 Å². The Morgan fingerprint density at radius 3 is 2.90 bits per heavy atom. The van der Waals surface area contributed by atoms with E-state index in [0.29, 0.717) is 17.4 Å². The summed E-state index contributed by atoms with van der Waals surface area (Å²) in [4.78, 5) is 5.51. The lowest BCUT2D eigenvalue weighted by Gasteiger charge is -2.34. The van der Waals surface area contributed by atoms with Crippen molar-refractivity contribution in [1.82, 2.24) is 20.3 Å². The molecule has 1 aliphatic rings. The van der Waals surface area contributed by atoms with E-state index in [4.69, 9.17) is 10.3 Å². The van der Waals surface area contributed by atoms with Gasteiger partial charge in [0.25, 0.3) is 5.89 Å². The normalized spacial score (nSPS) is 16.2. The fourth-order valence-corrected chi connectivity index (χ4v) is 2.99. The van der Waals surface area contributed by atoms with Gasteiger partial charge in [-0.1, -0.05) is 11.2 Å². The van der Waals surface area contributed by atoms with E-state index in [2.05, 4.69) is 20.3 Å². The lowest BCUT2D eigenvalue weighted by atomic mass is 9.77. The van der Waals surface area contributed by atoms with Gasteiger partial charge in [-0.05, 0) is 36.8 Å². The summed E-state index contributed by atoms with van der Waals surface area (Å²) in [7, 11) is 0. The molecule has 3 heterocycles. The van der Waals surface area contributed by atoms with Crippen LogP contribution < -0.4 is 5.73 Å². The third-order valence-corrected chi connectivity index (χ3v) is 4.60. The highest BCUT2D eigenvalue weighted by molar-refractivity contribution is 7.13. The van der Waals surface area contributed by atoms with Gasteiger partial charge < -0.3 is 10.3 Å². The Hall–Kier alpha value is -1.70. The van der Waals surface area contributed by atoms with E-state index < -0.39 is 5.54 Å². The lowest BCUT2D eigenvalue weighted by Crippen LogP contribution is -2.44. The molecule has 21 heavy (non-hydrogen) atoms. The zero-order chi connectivity index (χ0) is 13.6. The highest BCUT2D eigenvalue weighted by Crippen LogP contribution is 2.37. The average molecular weight is 324 g/mol. The molecule has 1 aliphatic carbocycles. The molecule has 0 aliphatic heterocycles. The van der Waals surface area contributed by atoms with Gasteiger partial charge in [-0.2, -0.15) is 10.1 Å². The number of H-pyrrole nitrogens is 1. The van der Waals surface area contributed by atoms with Crippen LogP contribution in [-0.2, 0) is 5.54 Å². The SMILES string of the molecule is Cl.NC1(c2noc(-c3cc(-c4cccs4)[nH]n3)n2)CCC1. The third kappa shape index (κ3) is 2.37. The maximum absolute atomic E-state index is 6.19. The second-order valence-electron chi connectivity index (χ2n) is 5.08. The summed E-state index contributed by atoms with van der Waals surface area (Å²) >= 11 is 1.65. The molecule has 0 radical (unpaired) electrons. The third-order valence-electron chi connectivity index (χ3n) is 3.70. The summed E-state index contributed by atoms with van der Waals surface area (Å²) in [6.07, 6.45) is 2.94. The van der Waals surface area contributed by atoms with Crippen LogP contribution >= 0.6 is 23.7 Å². The molecule has 0 unspecified atom stereocenters. The molecule has 0 aromatic carbocycles. The molecule has 110 valence electrons. The van der Waals surface area contributed by atoms with E-state index in [1.807, 2.05) is 23.6 Å². The first kappa shape index (κ1) is 14.2. The van der Waals surface area contributed by atoms with Crippen LogP contribution in [0.1, 0.15) is 25.1 Å². The molecule has 1 saturated carbocycles. The number of aromatic amines is 1. The number of aromatic nitrogens is 4. The average Bonchev–Trinajstić information content (AvgIpc) is 3.13. The standard InChI is InChI=1S/C13H13N5OS.ClH/c14-13(4-2-5-13)12-15-11(19-18-12)9-7-8(16-17-9)10-3-1-6-20-10;/h1,3,6-7H,2,4-5,14H2,(H,16,17);1H. The first-order chi connectivity index (χ1) is 9.74. The van der Waals surface area contributed by atoms with Crippen LogP contribution in [0.2, 0.25) is 0 Å². The van der Waals surface area contributed by atoms with Gasteiger partial charge >= 0.3 is 0 Å². The smallest absolute Gasteiger partial charge is 0.278 e. The van der Waals surface area contributed by atoms with E-state index in [0.717, 1.165) is 29.8 Å². The van der Waals surface area contributed by atoms with E-state index in [-0.39, 0.29) is 12.4 Å². The van der Waals surface area contributed by atoms with Crippen molar-refractivity contribution >= 4 is 23.7 Å². The Bertz CT molecular complexity index is 731. The van der Waals surface area contributed by atoms with Gasteiger partial charge in [0.1, 0.15) is 0 Å². The van der Waals surface area contributed by atoms with Crippen LogP contribution in [0.5, 0.6) is 0 Å². The zero-order valence-electron chi connectivity index (χ0n) is 11.1. The summed E-state index contributed by atoms with van der Waals surface area (Å²) in [6, 6.07) is 5.94. The maximum Gasteiger partial charge on any atom is 0.278 e. The number of hydrogen-bond acceptors (Lipinski definition) is 6. The molecule has 1 fully saturated rings. The Morgan fingerprint density at radius 2 is 2.24 bits per heavy atom. The summed E-state index contributed by atoms with van der Waals surface area (Å²) < 4.78 is 5.28. The van der Waals surface area contributed by atoms with Gasteiger partial charge in [-0.3, -0.25) is 5.10 Å². The van der Waals surface area contributed by atoms with E-state index in [9.17, 15) is 0 Å². The number of hydrogen-bond donors (Lipinski definition) is 2. The Kier molecular flexibility index (Phi) is 3.56. The molecule has 0 bridgehead atoms. The van der Waals surface area contributed by atoms with Gasteiger partial charge in [-0.15, -0.1) is 23.7 Å². The van der Waals surface area contributed by atoms with E-state index in [1.165, 1.54) is 0 Å². The fourth-order valence-electron chi connectivity index (χ4n) is 2.30. The monoisotopic (exact) mass is 323 g/mol. The molecular weight excluding hydrogens is 310 g/mol. The van der Waals surface area contributed by atoms with E-state index in [1.54, 1.807) is 11.3 Å². The van der Waals surface area contributed by atoms with Crippen LogP contribution in [0.3, 0.4) is 0 Å². The minimum atomic E-state index is -0.408. The van der Waals surface area contributed by atoms with Crippen LogP contribution in [0.15, 0.2) is 28.1 Å². The Morgan fingerprint density at radius 1 is 1.38 bits per heavy atom. The number of thiophene rings is 1. The second-order valence-corrected chi connectivity index (χ2v) is 6.02. The minimum absolute atomic E-state index is 0. The highest BCUT2D eigenvalue weighted by atomic mass is 35.5. The van der Waals surface area contributed by atoms with Crippen molar-refractivity contribution in [1.29, 1.82) is 0 Å². The highest BCUT2D eigenvalue weighted by Gasteiger charge is 2.39. The number of halogens is 1. The van der Waals surface area contributed by atoms with Crippen molar-refractivity contribution in [3.63, 3.8) is 0 Å². The molecular formula is C13H14ClN5OS. The zero-order valence-corrected chi connectivity index (χ0v) is 12.7. The Labute approximate surface area is 131 Å². The predicted octanol–water partition coefficient (Wildman–Crippen LogP) is 2.95. The molecule has 0 amide bonds. The lowest BCUT2D eigenvalue weighted by molar-refractivity contribution is 0.229. The van der Waals surface area contributed by atoms with Crippen LogP contribution in [0, 0.1) is 0 Å². The molecule has 3 aromatic heterocycles. The number of nitrogens with zero attached hydrogens (tertiary/aromatic N) is 3. The molecule has 0 saturated heterocycles. The van der Waals surface area contributed by atoms with Gasteiger partial charge in [0.05, 0.1) is 16.1 Å². The number of nitrogens with one attached hydrogen (secondary N) is 1. The quantitative estimate of drug-likeness (QED) is 0.773. The van der Waals surface area contributed by atoms with E-state index >= 15 is 0 Å². The van der Waals surface area contributed by atoms with Gasteiger partial charge in [0.2, 0.25) is 0 Å². The van der Waals surface area contributed by atoms with Crippen LogP contribution in [0.4, 0.5) is 0 Å².